The Balaban J connectivity index is 1.44. The van der Waals surface area contributed by atoms with Gasteiger partial charge in [-0.25, -0.2) is 18.7 Å². The number of piperazine rings is 1. The van der Waals surface area contributed by atoms with Crippen LogP contribution in [0.25, 0.3) is 5.57 Å². The van der Waals surface area contributed by atoms with Crippen molar-refractivity contribution in [3.63, 3.8) is 0 Å². The zero-order chi connectivity index (χ0) is 22.8. The van der Waals surface area contributed by atoms with Crippen LogP contribution in [0.4, 0.5) is 14.5 Å². The van der Waals surface area contributed by atoms with E-state index in [1.165, 1.54) is 13.1 Å². The van der Waals surface area contributed by atoms with E-state index in [1.54, 1.807) is 19.2 Å². The molecule has 0 saturated carbocycles. The van der Waals surface area contributed by atoms with Gasteiger partial charge in [-0.3, -0.25) is 14.5 Å². The van der Waals surface area contributed by atoms with Crippen molar-refractivity contribution < 1.29 is 13.6 Å². The number of pyridine rings is 1. The summed E-state index contributed by atoms with van der Waals surface area (Å²) in [4.78, 5) is 39.0. The van der Waals surface area contributed by atoms with Crippen LogP contribution in [-0.2, 0) is 0 Å². The lowest BCUT2D eigenvalue weighted by Gasteiger charge is -2.39. The van der Waals surface area contributed by atoms with Crippen LogP contribution in [0.5, 0.6) is 0 Å². The number of nitrogens with one attached hydrogen (secondary N) is 2. The molecule has 0 aromatic carbocycles. The molecule has 2 N–H and O–H groups in total. The van der Waals surface area contributed by atoms with Crippen LogP contribution >= 0.6 is 0 Å². The summed E-state index contributed by atoms with van der Waals surface area (Å²) in [5.41, 5.74) is 1.48. The Kier molecular flexibility index (Phi) is 6.31. The number of anilines is 1. The fourth-order valence-corrected chi connectivity index (χ4v) is 4.25. The van der Waals surface area contributed by atoms with Crippen molar-refractivity contribution in [2.24, 2.45) is 0 Å². The molecule has 0 spiro atoms. The quantitative estimate of drug-likeness (QED) is 0.734. The number of amides is 1. The van der Waals surface area contributed by atoms with Crippen molar-refractivity contribution in [2.75, 3.05) is 38.1 Å². The molecule has 3 heterocycles. The van der Waals surface area contributed by atoms with Crippen LogP contribution in [0.3, 0.4) is 0 Å². The van der Waals surface area contributed by atoms with Gasteiger partial charge in [0.2, 0.25) is 0 Å². The number of aromatic nitrogens is 3. The van der Waals surface area contributed by atoms with Crippen LogP contribution in [0.2, 0.25) is 0 Å². The topological polar surface area (TPSA) is 94.2 Å². The van der Waals surface area contributed by atoms with Crippen molar-refractivity contribution in [1.29, 1.82) is 0 Å². The lowest BCUT2D eigenvalue weighted by Crippen LogP contribution is -2.49. The Morgan fingerprint density at radius 2 is 2.00 bits per heavy atom. The highest BCUT2D eigenvalue weighted by molar-refractivity contribution is 5.92. The first-order valence-corrected chi connectivity index (χ1v) is 10.6. The number of hydrogen-bond donors (Lipinski definition) is 2. The number of hydrogen-bond acceptors (Lipinski definition) is 6. The molecule has 2 aliphatic rings. The van der Waals surface area contributed by atoms with Gasteiger partial charge >= 0.3 is 0 Å². The summed E-state index contributed by atoms with van der Waals surface area (Å²) in [7, 11) is 1.44. The van der Waals surface area contributed by atoms with Crippen LogP contribution in [0.1, 0.15) is 46.8 Å². The van der Waals surface area contributed by atoms with E-state index in [0.717, 1.165) is 18.4 Å². The van der Waals surface area contributed by atoms with Gasteiger partial charge in [-0.2, -0.15) is 0 Å². The first-order valence-electron chi connectivity index (χ1n) is 10.6. The second-order valence-electron chi connectivity index (χ2n) is 8.05. The second kappa shape index (κ2) is 9.15. The molecule has 0 radical (unpaired) electrons. The number of rotatable bonds is 5. The molecule has 10 heteroatoms. The van der Waals surface area contributed by atoms with Gasteiger partial charge in [0.05, 0.1) is 5.69 Å². The van der Waals surface area contributed by atoms with Crippen LogP contribution < -0.4 is 15.8 Å². The van der Waals surface area contributed by atoms with Gasteiger partial charge < -0.3 is 15.2 Å². The van der Waals surface area contributed by atoms with E-state index >= 15 is 0 Å². The summed E-state index contributed by atoms with van der Waals surface area (Å²) in [6.07, 6.45) is 2.73. The highest BCUT2D eigenvalue weighted by Crippen LogP contribution is 2.32. The molecule has 1 aliphatic carbocycles. The van der Waals surface area contributed by atoms with E-state index in [2.05, 4.69) is 31.2 Å². The third kappa shape index (κ3) is 4.40. The number of alkyl halides is 2. The molecule has 1 atom stereocenters. The number of halogens is 2. The number of H-pyrrole nitrogens is 1. The molecule has 32 heavy (non-hydrogen) atoms. The van der Waals surface area contributed by atoms with Crippen molar-refractivity contribution in [3.8, 4) is 0 Å². The van der Waals surface area contributed by atoms with Crippen molar-refractivity contribution in [2.45, 2.75) is 32.2 Å². The first kappa shape index (κ1) is 22.1. The molecule has 1 amide bonds. The first-order chi connectivity index (χ1) is 15.4. The van der Waals surface area contributed by atoms with Gasteiger partial charge in [-0.05, 0) is 37.5 Å². The molecular weight excluding hydrogens is 418 g/mol. The summed E-state index contributed by atoms with van der Waals surface area (Å²) in [6.45, 7) is 4.32. The van der Waals surface area contributed by atoms with E-state index in [1.807, 2.05) is 4.90 Å². The van der Waals surface area contributed by atoms with Crippen molar-refractivity contribution >= 4 is 17.2 Å². The minimum Gasteiger partial charge on any atom is -0.367 e. The second-order valence-corrected chi connectivity index (χ2v) is 8.05. The van der Waals surface area contributed by atoms with Crippen LogP contribution in [0, 0.1) is 6.92 Å². The third-order valence-electron chi connectivity index (χ3n) is 6.08. The maximum Gasteiger partial charge on any atom is 0.282 e. The van der Waals surface area contributed by atoms with E-state index in [0.29, 0.717) is 43.3 Å². The normalized spacial score (nSPS) is 19.3. The molecule has 4 rings (SSSR count). The van der Waals surface area contributed by atoms with E-state index in [9.17, 15) is 18.4 Å². The fourth-order valence-electron chi connectivity index (χ4n) is 4.25. The molecule has 170 valence electrons. The summed E-state index contributed by atoms with van der Waals surface area (Å²) in [5.74, 6) is 0.127. The molecule has 0 bridgehead atoms. The molecule has 1 unspecified atom stereocenters. The fraction of sp³-hybridized carbons (Fsp3) is 0.455. The Labute approximate surface area is 184 Å². The van der Waals surface area contributed by atoms with Gasteiger partial charge in [-0.1, -0.05) is 6.08 Å². The Morgan fingerprint density at radius 3 is 2.66 bits per heavy atom. The maximum atomic E-state index is 13.6. The molecular formula is C22H26F2N6O2. The number of carbonyl (C=O) groups is 1. The van der Waals surface area contributed by atoms with Gasteiger partial charge in [0, 0.05) is 51.0 Å². The maximum absolute atomic E-state index is 13.6. The standard InChI is InChI=1S/C22H26F2N6O2/c1-13-12-26-20(28-21(13)31)14-3-4-15(11-14)29-7-9-30(10-8-29)17-6-5-16(22(32)25-2)27-18(17)19(23)24/h5-6,11-12,15,19H,3-4,7-10H2,1-2H3,(H,25,32)(H,26,28,31). The van der Waals surface area contributed by atoms with Crippen LogP contribution in [-0.4, -0.2) is 65.0 Å². The Morgan fingerprint density at radius 1 is 1.25 bits per heavy atom. The van der Waals surface area contributed by atoms with Gasteiger partial charge in [0.15, 0.2) is 0 Å². The van der Waals surface area contributed by atoms with Crippen LogP contribution in [0.15, 0.2) is 29.2 Å². The van der Waals surface area contributed by atoms with Crippen molar-refractivity contribution in [1.82, 2.24) is 25.2 Å². The zero-order valence-electron chi connectivity index (χ0n) is 18.1. The summed E-state index contributed by atoms with van der Waals surface area (Å²) in [5, 5.41) is 2.41. The summed E-state index contributed by atoms with van der Waals surface area (Å²) in [6, 6.07) is 3.26. The molecule has 2 aromatic rings. The number of carbonyl (C=O) groups excluding carboxylic acids is 1. The highest BCUT2D eigenvalue weighted by Gasteiger charge is 2.29. The lowest BCUT2D eigenvalue weighted by molar-refractivity contribution is 0.0956. The Hall–Kier alpha value is -3.14. The molecule has 1 aliphatic heterocycles. The van der Waals surface area contributed by atoms with E-state index < -0.39 is 12.3 Å². The molecule has 2 aromatic heterocycles. The molecule has 8 nitrogen and oxygen atoms in total. The largest absolute Gasteiger partial charge is 0.367 e. The lowest BCUT2D eigenvalue weighted by atomic mass is 10.1. The average Bonchev–Trinajstić information content (AvgIpc) is 3.30. The van der Waals surface area contributed by atoms with Crippen molar-refractivity contribution in [3.05, 3.63) is 57.5 Å². The number of aromatic amines is 1. The number of nitrogens with zero attached hydrogens (tertiary/aromatic N) is 4. The minimum atomic E-state index is -2.77. The minimum absolute atomic E-state index is 0.0171. The van der Waals surface area contributed by atoms with Gasteiger partial charge in [-0.15, -0.1) is 0 Å². The SMILES string of the molecule is CNC(=O)c1ccc(N2CCN(C3C=C(c4ncc(C)c(=O)[nH]4)CC3)CC2)c(C(F)F)n1. The predicted molar refractivity (Wildman–Crippen MR) is 117 cm³/mol. The van der Waals surface area contributed by atoms with E-state index in [-0.39, 0.29) is 23.0 Å². The monoisotopic (exact) mass is 444 g/mol. The highest BCUT2D eigenvalue weighted by atomic mass is 19.3. The third-order valence-corrected chi connectivity index (χ3v) is 6.08. The average molecular weight is 444 g/mol. The van der Waals surface area contributed by atoms with Gasteiger partial charge in [0.1, 0.15) is 17.2 Å². The zero-order valence-corrected chi connectivity index (χ0v) is 18.1. The summed E-state index contributed by atoms with van der Waals surface area (Å²) < 4.78 is 27.3. The smallest absolute Gasteiger partial charge is 0.282 e. The number of aryl methyl sites for hydroxylation is 1. The Bertz CT molecular complexity index is 1090. The molecule has 1 saturated heterocycles. The molecule has 1 fully saturated rings. The summed E-state index contributed by atoms with van der Waals surface area (Å²) >= 11 is 0. The predicted octanol–water partition coefficient (Wildman–Crippen LogP) is 2.14. The van der Waals surface area contributed by atoms with Gasteiger partial charge in [0.25, 0.3) is 17.9 Å². The van der Waals surface area contributed by atoms with E-state index in [4.69, 9.17) is 0 Å². The number of allylic oxidation sites excluding steroid dienone is 1.